The van der Waals surface area contributed by atoms with Gasteiger partial charge in [0.05, 0.1) is 22.0 Å². The third-order valence-electron chi connectivity index (χ3n) is 3.90. The number of benzene rings is 3. The fourth-order valence-electron chi connectivity index (χ4n) is 2.42. The van der Waals surface area contributed by atoms with E-state index in [0.717, 1.165) is 10.5 Å². The minimum atomic E-state index is -0.240. The first-order valence-electron chi connectivity index (χ1n) is 8.97. The largest absolute Gasteiger partial charge is 0.486 e. The molecule has 0 bridgehead atoms. The maximum Gasteiger partial charge on any atom is 0.250 e. The second-order valence-electron chi connectivity index (χ2n) is 6.26. The van der Waals surface area contributed by atoms with Crippen LogP contribution in [0.15, 0.2) is 70.7 Å². The van der Waals surface area contributed by atoms with Crippen LogP contribution in [0.2, 0.25) is 20.1 Å². The second kappa shape index (κ2) is 11.7. The number of rotatable bonds is 8. The Bertz CT molecular complexity index is 1050. The van der Waals surface area contributed by atoms with E-state index in [1.165, 1.54) is 18.0 Å². The molecule has 9 heteroatoms. The van der Waals surface area contributed by atoms with Crippen LogP contribution in [0.3, 0.4) is 0 Å². The van der Waals surface area contributed by atoms with Gasteiger partial charge in [0, 0.05) is 14.9 Å². The van der Waals surface area contributed by atoms with Crippen molar-refractivity contribution in [3.8, 4) is 5.75 Å². The highest BCUT2D eigenvalue weighted by Crippen LogP contribution is 2.34. The van der Waals surface area contributed by atoms with Crippen molar-refractivity contribution in [1.29, 1.82) is 0 Å². The average molecular weight is 514 g/mol. The number of nitrogens with one attached hydrogen (secondary N) is 1. The van der Waals surface area contributed by atoms with Crippen LogP contribution in [0.25, 0.3) is 0 Å². The second-order valence-corrected chi connectivity index (χ2v) is 9.00. The maximum atomic E-state index is 12.0. The highest BCUT2D eigenvalue weighted by molar-refractivity contribution is 8.00. The summed E-state index contributed by atoms with van der Waals surface area (Å²) in [6.45, 7) is 0.297. The van der Waals surface area contributed by atoms with E-state index in [-0.39, 0.29) is 11.7 Å². The number of ether oxygens (including phenoxy) is 1. The molecule has 3 aromatic carbocycles. The number of carbonyl (C=O) groups is 1. The van der Waals surface area contributed by atoms with Gasteiger partial charge in [-0.05, 0) is 59.7 Å². The monoisotopic (exact) mass is 512 g/mol. The van der Waals surface area contributed by atoms with E-state index in [1.54, 1.807) is 36.4 Å². The van der Waals surface area contributed by atoms with Crippen LogP contribution >= 0.6 is 58.2 Å². The first-order valence-corrected chi connectivity index (χ1v) is 11.5. The molecule has 4 nitrogen and oxygen atoms in total. The van der Waals surface area contributed by atoms with E-state index in [0.29, 0.717) is 38.0 Å². The number of carbonyl (C=O) groups excluding carboxylic acids is 1. The zero-order valence-electron chi connectivity index (χ0n) is 15.9. The summed E-state index contributed by atoms with van der Waals surface area (Å²) in [5, 5.41) is 5.93. The lowest BCUT2D eigenvalue weighted by Gasteiger charge is -2.11. The van der Waals surface area contributed by atoms with Crippen molar-refractivity contribution in [2.45, 2.75) is 11.5 Å². The summed E-state index contributed by atoms with van der Waals surface area (Å²) in [6.07, 6.45) is 1.46. The predicted octanol–water partition coefficient (Wildman–Crippen LogP) is 7.12. The van der Waals surface area contributed by atoms with Gasteiger partial charge in [-0.3, -0.25) is 4.79 Å². The standard InChI is InChI=1S/C22H16Cl4N2O2S/c23-16-3-1-14(2-4-16)12-30-22-19(25)9-15(10-20(22)26)11-27-28-21(29)13-31-18-7-5-17(24)6-8-18/h1-11H,12-13H2,(H,28,29)/b27-11-. The van der Waals surface area contributed by atoms with Crippen LogP contribution < -0.4 is 10.2 Å². The molecular weight excluding hydrogens is 498 g/mol. The van der Waals surface area contributed by atoms with Gasteiger partial charge in [-0.2, -0.15) is 5.10 Å². The SMILES string of the molecule is O=C(CSc1ccc(Cl)cc1)N/N=C\c1cc(Cl)c(OCc2ccc(Cl)cc2)c(Cl)c1. The van der Waals surface area contributed by atoms with E-state index in [4.69, 9.17) is 51.1 Å². The van der Waals surface area contributed by atoms with E-state index in [9.17, 15) is 4.79 Å². The summed E-state index contributed by atoms with van der Waals surface area (Å²) in [5.74, 6) is 0.355. The number of hydrazone groups is 1. The van der Waals surface area contributed by atoms with Crippen LogP contribution in [0, 0.1) is 0 Å². The molecule has 0 spiro atoms. The fourth-order valence-corrected chi connectivity index (χ4v) is 3.97. The van der Waals surface area contributed by atoms with Gasteiger partial charge in [-0.15, -0.1) is 11.8 Å². The summed E-state index contributed by atoms with van der Waals surface area (Å²) in [4.78, 5) is 12.9. The van der Waals surface area contributed by atoms with Gasteiger partial charge in [0.25, 0.3) is 0 Å². The Labute approximate surface area is 204 Å². The van der Waals surface area contributed by atoms with Gasteiger partial charge >= 0.3 is 0 Å². The van der Waals surface area contributed by atoms with Crippen molar-refractivity contribution < 1.29 is 9.53 Å². The van der Waals surface area contributed by atoms with Crippen LogP contribution in [0.5, 0.6) is 5.75 Å². The number of nitrogens with zero attached hydrogens (tertiary/aromatic N) is 1. The topological polar surface area (TPSA) is 50.7 Å². The Kier molecular flexibility index (Phi) is 8.93. The highest BCUT2D eigenvalue weighted by atomic mass is 35.5. The third kappa shape index (κ3) is 7.63. The first-order chi connectivity index (χ1) is 14.9. The number of halogens is 4. The van der Waals surface area contributed by atoms with Crippen molar-refractivity contribution in [2.75, 3.05) is 5.75 Å². The molecule has 0 aliphatic rings. The molecule has 1 N–H and O–H groups in total. The lowest BCUT2D eigenvalue weighted by Crippen LogP contribution is -2.19. The molecule has 0 unspecified atom stereocenters. The van der Waals surface area contributed by atoms with Crippen LogP contribution in [0.1, 0.15) is 11.1 Å². The zero-order valence-corrected chi connectivity index (χ0v) is 19.8. The Morgan fingerprint density at radius 2 is 1.52 bits per heavy atom. The minimum absolute atomic E-state index is 0.220. The van der Waals surface area contributed by atoms with Crippen LogP contribution in [-0.4, -0.2) is 17.9 Å². The van der Waals surface area contributed by atoms with E-state index in [2.05, 4.69) is 10.5 Å². The van der Waals surface area contributed by atoms with Crippen molar-refractivity contribution in [2.24, 2.45) is 5.10 Å². The molecule has 1 amide bonds. The lowest BCUT2D eigenvalue weighted by molar-refractivity contribution is -0.118. The van der Waals surface area contributed by atoms with Crippen molar-refractivity contribution in [3.05, 3.63) is 91.9 Å². The minimum Gasteiger partial charge on any atom is -0.486 e. The molecule has 0 aromatic heterocycles. The Hall–Kier alpha value is -1.89. The molecule has 0 saturated carbocycles. The molecule has 3 aromatic rings. The summed E-state index contributed by atoms with van der Waals surface area (Å²) in [5.41, 5.74) is 4.03. The predicted molar refractivity (Wildman–Crippen MR) is 130 cm³/mol. The van der Waals surface area contributed by atoms with Crippen molar-refractivity contribution in [1.82, 2.24) is 5.43 Å². The molecule has 0 fully saturated rings. The number of thioether (sulfide) groups is 1. The summed E-state index contributed by atoms with van der Waals surface area (Å²) >= 11 is 25.7. The quantitative estimate of drug-likeness (QED) is 0.198. The third-order valence-corrected chi connectivity index (χ3v) is 5.98. The van der Waals surface area contributed by atoms with Gasteiger partial charge in [0.15, 0.2) is 5.75 Å². The van der Waals surface area contributed by atoms with Crippen molar-refractivity contribution in [3.63, 3.8) is 0 Å². The van der Waals surface area contributed by atoms with Gasteiger partial charge in [0.2, 0.25) is 5.91 Å². The van der Waals surface area contributed by atoms with Gasteiger partial charge in [-0.25, -0.2) is 5.43 Å². The molecule has 0 aliphatic carbocycles. The molecule has 160 valence electrons. The summed E-state index contributed by atoms with van der Waals surface area (Å²) < 4.78 is 5.74. The molecule has 0 saturated heterocycles. The van der Waals surface area contributed by atoms with Gasteiger partial charge < -0.3 is 4.74 Å². The van der Waals surface area contributed by atoms with Gasteiger partial charge in [-0.1, -0.05) is 58.5 Å². The normalized spacial score (nSPS) is 11.0. The average Bonchev–Trinajstić information content (AvgIpc) is 2.74. The summed E-state index contributed by atoms with van der Waals surface area (Å²) in [6, 6.07) is 17.8. The lowest BCUT2D eigenvalue weighted by atomic mass is 10.2. The van der Waals surface area contributed by atoms with Crippen molar-refractivity contribution >= 4 is 70.3 Å². The number of amides is 1. The number of hydrogen-bond acceptors (Lipinski definition) is 4. The smallest absolute Gasteiger partial charge is 0.250 e. The Balaban J connectivity index is 1.52. The first kappa shape index (κ1) is 23.8. The molecule has 0 atom stereocenters. The molecule has 3 rings (SSSR count). The molecule has 31 heavy (non-hydrogen) atoms. The van der Waals surface area contributed by atoms with Crippen LogP contribution in [0.4, 0.5) is 0 Å². The van der Waals surface area contributed by atoms with E-state index in [1.807, 2.05) is 24.3 Å². The van der Waals surface area contributed by atoms with Gasteiger partial charge in [0.1, 0.15) is 6.61 Å². The zero-order chi connectivity index (χ0) is 22.2. The Morgan fingerprint density at radius 1 is 0.935 bits per heavy atom. The van der Waals surface area contributed by atoms with E-state index < -0.39 is 0 Å². The Morgan fingerprint density at radius 3 is 2.13 bits per heavy atom. The fraction of sp³-hybridized carbons (Fsp3) is 0.0909. The molecule has 0 aliphatic heterocycles. The summed E-state index contributed by atoms with van der Waals surface area (Å²) in [7, 11) is 0. The maximum absolute atomic E-state index is 12.0. The number of hydrogen-bond donors (Lipinski definition) is 1. The van der Waals surface area contributed by atoms with Crippen LogP contribution in [-0.2, 0) is 11.4 Å². The highest BCUT2D eigenvalue weighted by Gasteiger charge is 2.10. The molecule has 0 heterocycles. The molecular formula is C22H16Cl4N2O2S. The molecule has 0 radical (unpaired) electrons. The van der Waals surface area contributed by atoms with E-state index >= 15 is 0 Å².